The van der Waals surface area contributed by atoms with E-state index in [1.807, 2.05) is 0 Å². The van der Waals surface area contributed by atoms with Gasteiger partial charge in [-0.1, -0.05) is 40.9 Å². The smallest absolute Gasteiger partial charge is 0.288 e. The summed E-state index contributed by atoms with van der Waals surface area (Å²) < 4.78 is 1.41. The lowest BCUT2D eigenvalue weighted by Crippen LogP contribution is -2.21. The second-order valence-electron chi connectivity index (χ2n) is 3.35. The molecule has 0 fully saturated rings. The molecular weight excluding hydrogens is 282 g/mol. The molecule has 1 aromatic heterocycles. The van der Waals surface area contributed by atoms with Crippen LogP contribution in [0.1, 0.15) is 5.56 Å². The average Bonchev–Trinajstić information content (AvgIpc) is 2.29. The van der Waals surface area contributed by atoms with Crippen molar-refractivity contribution in [1.82, 2.24) is 9.55 Å². The molecule has 2 rings (SSSR count). The summed E-state index contributed by atoms with van der Waals surface area (Å²) in [6, 6.07) is 5.18. The van der Waals surface area contributed by atoms with Gasteiger partial charge < -0.3 is 4.57 Å². The average molecular weight is 290 g/mol. The molecule has 3 nitrogen and oxygen atoms in total. The third-order valence-corrected chi connectivity index (χ3v) is 3.23. The quantitative estimate of drug-likeness (QED) is 0.850. The molecule has 0 amide bonds. The van der Waals surface area contributed by atoms with Gasteiger partial charge in [-0.2, -0.15) is 0 Å². The molecule has 0 spiro atoms. The maximum absolute atomic E-state index is 11.7. The lowest BCUT2D eigenvalue weighted by molar-refractivity contribution is 0.749. The van der Waals surface area contributed by atoms with Crippen molar-refractivity contribution >= 4 is 34.8 Å². The van der Waals surface area contributed by atoms with Crippen molar-refractivity contribution in [3.63, 3.8) is 0 Å². The Morgan fingerprint density at radius 1 is 1.18 bits per heavy atom. The molecule has 0 N–H and O–H groups in total. The van der Waals surface area contributed by atoms with Gasteiger partial charge in [-0.3, -0.25) is 4.79 Å². The first-order valence-corrected chi connectivity index (χ1v) is 5.87. The Hall–Kier alpha value is -1.03. The zero-order valence-corrected chi connectivity index (χ0v) is 10.8. The summed E-state index contributed by atoms with van der Waals surface area (Å²) in [7, 11) is 0. The molecule has 17 heavy (non-hydrogen) atoms. The van der Waals surface area contributed by atoms with Crippen molar-refractivity contribution in [2.24, 2.45) is 0 Å². The number of hydrogen-bond donors (Lipinski definition) is 0. The first-order valence-electron chi connectivity index (χ1n) is 4.73. The van der Waals surface area contributed by atoms with Gasteiger partial charge in [0.1, 0.15) is 0 Å². The van der Waals surface area contributed by atoms with Crippen molar-refractivity contribution < 1.29 is 0 Å². The van der Waals surface area contributed by atoms with Gasteiger partial charge in [0.25, 0.3) is 5.56 Å². The minimum atomic E-state index is -0.370. The monoisotopic (exact) mass is 288 g/mol. The van der Waals surface area contributed by atoms with Crippen LogP contribution < -0.4 is 5.56 Å². The van der Waals surface area contributed by atoms with Gasteiger partial charge in [0.15, 0.2) is 5.15 Å². The predicted molar refractivity (Wildman–Crippen MR) is 69.1 cm³/mol. The Morgan fingerprint density at radius 2 is 1.82 bits per heavy atom. The van der Waals surface area contributed by atoms with Gasteiger partial charge >= 0.3 is 0 Å². The maximum atomic E-state index is 11.7. The maximum Gasteiger partial charge on any atom is 0.288 e. The zero-order chi connectivity index (χ0) is 12.4. The number of rotatable bonds is 2. The van der Waals surface area contributed by atoms with Crippen LogP contribution in [-0.2, 0) is 6.54 Å². The largest absolute Gasteiger partial charge is 0.307 e. The molecule has 6 heteroatoms. The lowest BCUT2D eigenvalue weighted by atomic mass is 10.2. The van der Waals surface area contributed by atoms with Crippen LogP contribution in [0, 0.1) is 0 Å². The van der Waals surface area contributed by atoms with Crippen LogP contribution in [0.4, 0.5) is 0 Å². The summed E-state index contributed by atoms with van der Waals surface area (Å²) in [5.74, 6) is 0. The van der Waals surface area contributed by atoms with E-state index in [4.69, 9.17) is 34.8 Å². The first-order chi connectivity index (χ1) is 8.09. The highest BCUT2D eigenvalue weighted by Gasteiger charge is 2.08. The Labute approximate surface area is 113 Å². The fourth-order valence-corrected chi connectivity index (χ4v) is 2.08. The van der Waals surface area contributed by atoms with Crippen molar-refractivity contribution in [1.29, 1.82) is 0 Å². The van der Waals surface area contributed by atoms with E-state index >= 15 is 0 Å². The van der Waals surface area contributed by atoms with Crippen molar-refractivity contribution in [3.8, 4) is 0 Å². The van der Waals surface area contributed by atoms with Crippen LogP contribution >= 0.6 is 34.8 Å². The van der Waals surface area contributed by atoms with E-state index in [9.17, 15) is 4.79 Å². The fraction of sp³-hybridized carbons (Fsp3) is 0.0909. The number of halogens is 3. The van der Waals surface area contributed by atoms with Crippen LogP contribution in [0.2, 0.25) is 15.2 Å². The molecule has 88 valence electrons. The Kier molecular flexibility index (Phi) is 3.72. The van der Waals surface area contributed by atoms with Crippen LogP contribution in [0.15, 0.2) is 35.4 Å². The second-order valence-corrected chi connectivity index (χ2v) is 4.52. The van der Waals surface area contributed by atoms with Crippen LogP contribution in [0.25, 0.3) is 0 Å². The normalized spacial score (nSPS) is 10.5. The molecule has 0 saturated heterocycles. The molecule has 1 heterocycles. The summed E-state index contributed by atoms with van der Waals surface area (Å²) >= 11 is 17.7. The highest BCUT2D eigenvalue weighted by atomic mass is 35.5. The van der Waals surface area contributed by atoms with Crippen LogP contribution in [0.3, 0.4) is 0 Å². The molecule has 2 aromatic rings. The minimum Gasteiger partial charge on any atom is -0.307 e. The second kappa shape index (κ2) is 5.08. The number of hydrogen-bond acceptors (Lipinski definition) is 2. The summed E-state index contributed by atoms with van der Waals surface area (Å²) in [4.78, 5) is 15.4. The van der Waals surface area contributed by atoms with E-state index in [-0.39, 0.29) is 17.3 Å². The van der Waals surface area contributed by atoms with Gasteiger partial charge in [-0.15, -0.1) is 0 Å². The molecule has 0 aliphatic carbocycles. The first kappa shape index (κ1) is 12.4. The number of benzene rings is 1. The van der Waals surface area contributed by atoms with E-state index < -0.39 is 0 Å². The van der Waals surface area contributed by atoms with E-state index in [2.05, 4.69) is 4.98 Å². The van der Waals surface area contributed by atoms with Crippen LogP contribution in [-0.4, -0.2) is 9.55 Å². The fourth-order valence-electron chi connectivity index (χ4n) is 1.40. The van der Waals surface area contributed by atoms with Gasteiger partial charge in [-0.05, 0) is 12.1 Å². The van der Waals surface area contributed by atoms with Gasteiger partial charge in [0.05, 0.1) is 6.54 Å². The Morgan fingerprint density at radius 3 is 2.47 bits per heavy atom. The SMILES string of the molecule is O=c1c(Cl)nccn1Cc1c(Cl)cccc1Cl. The van der Waals surface area contributed by atoms with Crippen molar-refractivity contribution in [3.05, 3.63) is 61.7 Å². The van der Waals surface area contributed by atoms with E-state index in [1.165, 1.54) is 17.0 Å². The number of aromatic nitrogens is 2. The zero-order valence-electron chi connectivity index (χ0n) is 8.53. The molecule has 0 aliphatic heterocycles. The summed E-state index contributed by atoms with van der Waals surface area (Å²) in [6.07, 6.45) is 2.99. The van der Waals surface area contributed by atoms with Gasteiger partial charge in [0, 0.05) is 28.0 Å². The van der Waals surface area contributed by atoms with Crippen LogP contribution in [0.5, 0.6) is 0 Å². The molecule has 0 atom stereocenters. The molecule has 1 aromatic carbocycles. The predicted octanol–water partition coefficient (Wildman–Crippen LogP) is 3.25. The highest BCUT2D eigenvalue weighted by molar-refractivity contribution is 6.36. The molecule has 0 radical (unpaired) electrons. The highest BCUT2D eigenvalue weighted by Crippen LogP contribution is 2.24. The molecule has 0 saturated carbocycles. The van der Waals surface area contributed by atoms with Crippen molar-refractivity contribution in [2.45, 2.75) is 6.54 Å². The lowest BCUT2D eigenvalue weighted by Gasteiger charge is -2.09. The molecule has 0 bridgehead atoms. The summed E-state index contributed by atoms with van der Waals surface area (Å²) in [5.41, 5.74) is 0.311. The molecular formula is C11H7Cl3N2O. The van der Waals surface area contributed by atoms with Gasteiger partial charge in [0.2, 0.25) is 0 Å². The molecule has 0 unspecified atom stereocenters. The minimum absolute atomic E-state index is 0.0734. The van der Waals surface area contributed by atoms with Gasteiger partial charge in [-0.25, -0.2) is 4.98 Å². The van der Waals surface area contributed by atoms with E-state index in [0.717, 1.165) is 0 Å². The standard InChI is InChI=1S/C11H7Cl3N2O/c12-8-2-1-3-9(13)7(8)6-16-5-4-15-10(14)11(16)17/h1-5H,6H2. The summed E-state index contributed by atoms with van der Waals surface area (Å²) in [6.45, 7) is 0.263. The Bertz CT molecular complexity index is 590. The number of nitrogens with zero attached hydrogens (tertiary/aromatic N) is 2. The van der Waals surface area contributed by atoms with Crippen molar-refractivity contribution in [2.75, 3.05) is 0 Å². The summed E-state index contributed by atoms with van der Waals surface area (Å²) in [5, 5.41) is 0.949. The third-order valence-electron chi connectivity index (χ3n) is 2.26. The third kappa shape index (κ3) is 2.63. The van der Waals surface area contributed by atoms with E-state index in [0.29, 0.717) is 15.6 Å². The van der Waals surface area contributed by atoms with E-state index in [1.54, 1.807) is 18.2 Å². The Balaban J connectivity index is 2.45. The topological polar surface area (TPSA) is 34.9 Å². The molecule has 0 aliphatic rings.